The number of nitrogens with one attached hydrogen (secondary N) is 1. The van der Waals surface area contributed by atoms with Gasteiger partial charge in [0.05, 0.1) is 6.61 Å². The second kappa shape index (κ2) is 12.0. The van der Waals surface area contributed by atoms with Gasteiger partial charge in [0.2, 0.25) is 11.8 Å². The Bertz CT molecular complexity index is 823. The van der Waals surface area contributed by atoms with Gasteiger partial charge in [0.15, 0.2) is 0 Å². The summed E-state index contributed by atoms with van der Waals surface area (Å²) in [5, 5.41) is 2.81. The quantitative estimate of drug-likeness (QED) is 0.560. The van der Waals surface area contributed by atoms with E-state index in [4.69, 9.17) is 4.74 Å². The number of halogens is 1. The smallest absolute Gasteiger partial charge is 0.242 e. The van der Waals surface area contributed by atoms with Gasteiger partial charge in [-0.05, 0) is 44.9 Å². The van der Waals surface area contributed by atoms with Gasteiger partial charge >= 0.3 is 0 Å². The number of nitrogens with zero attached hydrogens (tertiary/aromatic N) is 1. The van der Waals surface area contributed by atoms with Crippen LogP contribution in [0.15, 0.2) is 48.5 Å². The first-order chi connectivity index (χ1) is 14.4. The lowest BCUT2D eigenvalue weighted by Gasteiger charge is -2.29. The number of ether oxygens (including phenoxy) is 1. The van der Waals surface area contributed by atoms with Crippen LogP contribution in [0.4, 0.5) is 4.39 Å². The van der Waals surface area contributed by atoms with E-state index >= 15 is 0 Å². The molecule has 2 amide bonds. The van der Waals surface area contributed by atoms with Crippen LogP contribution in [0.3, 0.4) is 0 Å². The maximum Gasteiger partial charge on any atom is 0.242 e. The van der Waals surface area contributed by atoms with Gasteiger partial charge < -0.3 is 15.0 Å². The first-order valence-electron chi connectivity index (χ1n) is 10.4. The summed E-state index contributed by atoms with van der Waals surface area (Å²) < 4.78 is 19.8. The second-order valence-electron chi connectivity index (χ2n) is 7.35. The van der Waals surface area contributed by atoms with Crippen molar-refractivity contribution < 1.29 is 18.7 Å². The highest BCUT2D eigenvalue weighted by Gasteiger charge is 2.26. The van der Waals surface area contributed by atoms with E-state index in [2.05, 4.69) is 5.32 Å². The Morgan fingerprint density at radius 1 is 1.13 bits per heavy atom. The van der Waals surface area contributed by atoms with E-state index in [1.165, 1.54) is 11.0 Å². The number of carbonyl (C=O) groups excluding carboxylic acids is 2. The van der Waals surface area contributed by atoms with E-state index in [-0.39, 0.29) is 30.6 Å². The minimum atomic E-state index is -0.693. The van der Waals surface area contributed by atoms with Gasteiger partial charge in [-0.25, -0.2) is 4.39 Å². The monoisotopic (exact) mass is 414 g/mol. The number of carbonyl (C=O) groups is 2. The molecule has 0 aliphatic heterocycles. The van der Waals surface area contributed by atoms with Gasteiger partial charge in [-0.3, -0.25) is 9.59 Å². The molecule has 0 radical (unpaired) electrons. The number of hydrogen-bond acceptors (Lipinski definition) is 3. The highest BCUT2D eigenvalue weighted by molar-refractivity contribution is 5.87. The highest BCUT2D eigenvalue weighted by Crippen LogP contribution is 2.16. The molecule has 2 rings (SSSR count). The molecule has 1 N–H and O–H groups in total. The van der Waals surface area contributed by atoms with Crippen molar-refractivity contribution in [3.8, 4) is 5.75 Å². The average Bonchev–Trinajstić information content (AvgIpc) is 2.75. The average molecular weight is 415 g/mol. The second-order valence-corrected chi connectivity index (χ2v) is 7.35. The Labute approximate surface area is 178 Å². The van der Waals surface area contributed by atoms with Crippen LogP contribution < -0.4 is 10.1 Å². The number of hydrogen-bond donors (Lipinski definition) is 1. The molecule has 0 saturated carbocycles. The highest BCUT2D eigenvalue weighted by atomic mass is 19.1. The Hall–Kier alpha value is -2.89. The van der Waals surface area contributed by atoms with Crippen LogP contribution >= 0.6 is 0 Å². The molecular weight excluding hydrogens is 383 g/mol. The van der Waals surface area contributed by atoms with Crippen molar-refractivity contribution in [2.24, 2.45) is 0 Å². The first-order valence-corrected chi connectivity index (χ1v) is 10.4. The molecule has 0 fully saturated rings. The van der Waals surface area contributed by atoms with E-state index in [9.17, 15) is 14.0 Å². The summed E-state index contributed by atoms with van der Waals surface area (Å²) >= 11 is 0. The molecule has 162 valence electrons. The normalized spacial score (nSPS) is 11.6. The summed E-state index contributed by atoms with van der Waals surface area (Å²) in [4.78, 5) is 26.8. The van der Waals surface area contributed by atoms with Crippen LogP contribution in [-0.2, 0) is 16.1 Å². The van der Waals surface area contributed by atoms with Crippen LogP contribution in [0.5, 0.6) is 5.75 Å². The minimum absolute atomic E-state index is 0.0467. The Morgan fingerprint density at radius 3 is 2.50 bits per heavy atom. The fraction of sp³-hybridized carbons (Fsp3) is 0.417. The van der Waals surface area contributed by atoms with Crippen molar-refractivity contribution in [2.45, 2.75) is 52.6 Å². The van der Waals surface area contributed by atoms with Gasteiger partial charge in [0.25, 0.3) is 0 Å². The summed E-state index contributed by atoms with van der Waals surface area (Å²) in [7, 11) is 0. The standard InChI is InChI=1S/C24H31FN2O3/c1-4-15-26-24(29)19(3)27(17-20-8-5-6-9-22(20)25)23(28)10-7-16-30-21-13-11-18(2)12-14-21/h5-6,8-9,11-14,19H,4,7,10,15-17H2,1-3H3,(H,26,29). The third-order valence-corrected chi connectivity index (χ3v) is 4.84. The lowest BCUT2D eigenvalue weighted by atomic mass is 10.1. The summed E-state index contributed by atoms with van der Waals surface area (Å²) in [5.74, 6) is -0.0786. The van der Waals surface area contributed by atoms with E-state index in [0.29, 0.717) is 25.1 Å². The predicted molar refractivity (Wildman–Crippen MR) is 116 cm³/mol. The van der Waals surface area contributed by atoms with Crippen LogP contribution in [0.25, 0.3) is 0 Å². The molecule has 0 aliphatic rings. The van der Waals surface area contributed by atoms with E-state index in [1.807, 2.05) is 38.1 Å². The summed E-state index contributed by atoms with van der Waals surface area (Å²) in [6.07, 6.45) is 1.52. The Morgan fingerprint density at radius 2 is 1.83 bits per heavy atom. The number of amides is 2. The Kier molecular flexibility index (Phi) is 9.32. The van der Waals surface area contributed by atoms with Crippen LogP contribution in [-0.4, -0.2) is 35.9 Å². The Balaban J connectivity index is 1.98. The lowest BCUT2D eigenvalue weighted by Crippen LogP contribution is -2.47. The molecule has 2 aromatic carbocycles. The molecule has 0 aromatic heterocycles. The molecule has 30 heavy (non-hydrogen) atoms. The van der Waals surface area contributed by atoms with Gasteiger partial charge in [-0.2, -0.15) is 0 Å². The fourth-order valence-corrected chi connectivity index (χ4v) is 2.98. The largest absolute Gasteiger partial charge is 0.494 e. The fourth-order valence-electron chi connectivity index (χ4n) is 2.98. The molecule has 1 unspecified atom stereocenters. The van der Waals surface area contributed by atoms with Crippen molar-refractivity contribution in [3.05, 3.63) is 65.5 Å². The van der Waals surface area contributed by atoms with Crippen molar-refractivity contribution in [3.63, 3.8) is 0 Å². The van der Waals surface area contributed by atoms with Gasteiger partial charge in [0, 0.05) is 25.1 Å². The topological polar surface area (TPSA) is 58.6 Å². The molecule has 0 aliphatic carbocycles. The van der Waals surface area contributed by atoms with Crippen LogP contribution in [0.1, 0.15) is 44.2 Å². The van der Waals surface area contributed by atoms with Gasteiger partial charge in [-0.1, -0.05) is 42.8 Å². The molecule has 1 atom stereocenters. The lowest BCUT2D eigenvalue weighted by molar-refractivity contribution is -0.140. The van der Waals surface area contributed by atoms with Crippen molar-refractivity contribution in [1.29, 1.82) is 0 Å². The molecule has 0 spiro atoms. The number of aryl methyl sites for hydroxylation is 1. The maximum atomic E-state index is 14.1. The molecule has 6 heteroatoms. The van der Waals surface area contributed by atoms with E-state index in [0.717, 1.165) is 17.7 Å². The summed E-state index contributed by atoms with van der Waals surface area (Å²) in [5.41, 5.74) is 1.54. The van der Waals surface area contributed by atoms with Crippen molar-refractivity contribution in [2.75, 3.05) is 13.2 Å². The zero-order valence-electron chi connectivity index (χ0n) is 18.0. The number of benzene rings is 2. The molecule has 0 saturated heterocycles. The summed E-state index contributed by atoms with van der Waals surface area (Å²) in [6, 6.07) is 13.3. The van der Waals surface area contributed by atoms with Crippen LogP contribution in [0.2, 0.25) is 0 Å². The SMILES string of the molecule is CCCNC(=O)C(C)N(Cc1ccccc1F)C(=O)CCCOc1ccc(C)cc1. The van der Waals surface area contributed by atoms with Crippen molar-refractivity contribution in [1.82, 2.24) is 10.2 Å². The van der Waals surface area contributed by atoms with Gasteiger partial charge in [0.1, 0.15) is 17.6 Å². The molecule has 2 aromatic rings. The third kappa shape index (κ3) is 7.17. The minimum Gasteiger partial charge on any atom is -0.494 e. The number of rotatable bonds is 11. The third-order valence-electron chi connectivity index (χ3n) is 4.84. The summed E-state index contributed by atoms with van der Waals surface area (Å²) in [6.45, 7) is 6.61. The predicted octanol–water partition coefficient (Wildman–Crippen LogP) is 4.24. The van der Waals surface area contributed by atoms with E-state index < -0.39 is 6.04 Å². The zero-order chi connectivity index (χ0) is 21.9. The molecular formula is C24H31FN2O3. The van der Waals surface area contributed by atoms with Gasteiger partial charge in [-0.15, -0.1) is 0 Å². The zero-order valence-corrected chi connectivity index (χ0v) is 18.0. The molecule has 5 nitrogen and oxygen atoms in total. The maximum absolute atomic E-state index is 14.1. The first kappa shape index (κ1) is 23.4. The molecule has 0 bridgehead atoms. The van der Waals surface area contributed by atoms with Crippen molar-refractivity contribution >= 4 is 11.8 Å². The molecule has 0 heterocycles. The van der Waals surface area contributed by atoms with E-state index in [1.54, 1.807) is 25.1 Å². The van der Waals surface area contributed by atoms with Crippen LogP contribution in [0, 0.1) is 12.7 Å².